The Morgan fingerprint density at radius 1 is 0.920 bits per heavy atom. The first kappa shape index (κ1) is 18.3. The van der Waals surface area contributed by atoms with Gasteiger partial charge in [0.05, 0.1) is 6.10 Å². The minimum atomic E-state index is -0.00534. The Kier molecular flexibility index (Phi) is 4.79. The fourth-order valence-corrected chi connectivity index (χ4v) is 8.87. The van der Waals surface area contributed by atoms with Crippen molar-refractivity contribution in [1.29, 1.82) is 0 Å². The smallest absolute Gasteiger partial charge is 0.0543 e. The number of hydrogen-bond donors (Lipinski definition) is 1. The maximum Gasteiger partial charge on any atom is 0.0543 e. The molecule has 0 bridgehead atoms. The summed E-state index contributed by atoms with van der Waals surface area (Å²) in [4.78, 5) is 0. The van der Waals surface area contributed by atoms with Crippen LogP contribution in [0.2, 0.25) is 0 Å². The Labute approximate surface area is 156 Å². The van der Waals surface area contributed by atoms with Crippen LogP contribution >= 0.6 is 0 Å². The average Bonchev–Trinajstić information content (AvgIpc) is 2.93. The van der Waals surface area contributed by atoms with E-state index in [2.05, 4.69) is 27.7 Å². The highest BCUT2D eigenvalue weighted by atomic mass is 16.3. The maximum atomic E-state index is 10.2. The van der Waals surface area contributed by atoms with E-state index in [0.29, 0.717) is 10.8 Å². The molecule has 0 aromatic carbocycles. The highest BCUT2D eigenvalue weighted by Gasteiger charge is 2.60. The van der Waals surface area contributed by atoms with Gasteiger partial charge < -0.3 is 5.11 Å². The van der Waals surface area contributed by atoms with Gasteiger partial charge in [-0.15, -0.1) is 0 Å². The monoisotopic (exact) mass is 346 g/mol. The lowest BCUT2D eigenvalue weighted by Gasteiger charge is -2.61. The summed E-state index contributed by atoms with van der Waals surface area (Å²) in [6.45, 7) is 10.2. The van der Waals surface area contributed by atoms with Crippen molar-refractivity contribution in [3.63, 3.8) is 0 Å². The third-order valence-electron chi connectivity index (χ3n) is 10.1. The molecule has 9 atom stereocenters. The van der Waals surface area contributed by atoms with E-state index in [4.69, 9.17) is 0 Å². The van der Waals surface area contributed by atoms with Gasteiger partial charge in [0.15, 0.2) is 0 Å². The first-order valence-electron chi connectivity index (χ1n) is 11.6. The van der Waals surface area contributed by atoms with Gasteiger partial charge in [-0.05, 0) is 104 Å². The normalized spacial score (nSPS) is 53.6. The lowest BCUT2D eigenvalue weighted by Crippen LogP contribution is -2.54. The second-order valence-electron chi connectivity index (χ2n) is 11.1. The van der Waals surface area contributed by atoms with Crippen molar-refractivity contribution in [1.82, 2.24) is 0 Å². The van der Waals surface area contributed by atoms with Crippen LogP contribution in [0.25, 0.3) is 0 Å². The number of aliphatic hydroxyl groups excluding tert-OH is 1. The summed E-state index contributed by atoms with van der Waals surface area (Å²) in [6.07, 6.45) is 15.1. The summed E-state index contributed by atoms with van der Waals surface area (Å²) in [5.41, 5.74) is 1.17. The van der Waals surface area contributed by atoms with E-state index in [0.717, 1.165) is 48.3 Å². The summed E-state index contributed by atoms with van der Waals surface area (Å²) in [6, 6.07) is 0. The fraction of sp³-hybridized carbons (Fsp3) is 1.00. The van der Waals surface area contributed by atoms with Crippen LogP contribution in [0.15, 0.2) is 0 Å². The fourth-order valence-electron chi connectivity index (χ4n) is 8.87. The molecule has 0 aromatic heterocycles. The Bertz CT molecular complexity index is 486. The lowest BCUT2D eigenvalue weighted by atomic mass is 9.44. The van der Waals surface area contributed by atoms with Gasteiger partial charge in [-0.1, -0.05) is 40.5 Å². The van der Waals surface area contributed by atoms with E-state index in [9.17, 15) is 5.11 Å². The zero-order valence-corrected chi connectivity index (χ0v) is 17.3. The average molecular weight is 347 g/mol. The van der Waals surface area contributed by atoms with Crippen molar-refractivity contribution >= 4 is 0 Å². The van der Waals surface area contributed by atoms with E-state index in [1.807, 2.05) is 0 Å². The Hall–Kier alpha value is -0.0400. The van der Waals surface area contributed by atoms with E-state index >= 15 is 0 Å². The Balaban J connectivity index is 1.56. The van der Waals surface area contributed by atoms with Gasteiger partial charge in [-0.25, -0.2) is 0 Å². The highest BCUT2D eigenvalue weighted by Crippen LogP contribution is 2.68. The molecule has 0 amide bonds. The van der Waals surface area contributed by atoms with E-state index in [-0.39, 0.29) is 6.10 Å². The second kappa shape index (κ2) is 6.54. The number of fused-ring (bicyclic) bond motifs is 5. The molecule has 1 heteroatoms. The molecule has 4 aliphatic carbocycles. The van der Waals surface area contributed by atoms with Crippen LogP contribution in [0, 0.1) is 46.3 Å². The molecule has 0 heterocycles. The second-order valence-corrected chi connectivity index (χ2v) is 11.1. The molecule has 0 saturated heterocycles. The van der Waals surface area contributed by atoms with E-state index < -0.39 is 0 Å². The summed E-state index contributed by atoms with van der Waals surface area (Å²) in [7, 11) is 0. The zero-order valence-electron chi connectivity index (χ0n) is 17.3. The zero-order chi connectivity index (χ0) is 17.8. The van der Waals surface area contributed by atoms with Gasteiger partial charge in [0, 0.05) is 0 Å². The third kappa shape index (κ3) is 2.74. The summed E-state index contributed by atoms with van der Waals surface area (Å²) in [5, 5.41) is 10.2. The molecule has 4 rings (SSSR count). The number of rotatable bonds is 3. The highest BCUT2D eigenvalue weighted by molar-refractivity contribution is 5.09. The Morgan fingerprint density at radius 3 is 2.40 bits per heavy atom. The maximum absolute atomic E-state index is 10.2. The van der Waals surface area contributed by atoms with Crippen LogP contribution < -0.4 is 0 Å². The van der Waals surface area contributed by atoms with Crippen molar-refractivity contribution in [3.05, 3.63) is 0 Å². The van der Waals surface area contributed by atoms with Gasteiger partial charge in [0.25, 0.3) is 0 Å². The van der Waals surface area contributed by atoms with Crippen molar-refractivity contribution in [2.45, 2.75) is 104 Å². The van der Waals surface area contributed by atoms with Crippen LogP contribution in [-0.4, -0.2) is 11.2 Å². The minimum Gasteiger partial charge on any atom is -0.393 e. The van der Waals surface area contributed by atoms with Gasteiger partial charge in [-0.3, -0.25) is 0 Å². The summed E-state index contributed by atoms with van der Waals surface area (Å²) in [5.74, 6) is 5.66. The quantitative estimate of drug-likeness (QED) is 0.623. The SMILES string of the molecule is CCC[C@@H](C)C1CCC2C3CC[C@@H]4C[C@H](O)CC[C@]4(C)C3CC[C@@]21C. The lowest BCUT2D eigenvalue weighted by molar-refractivity contribution is -0.129. The van der Waals surface area contributed by atoms with Gasteiger partial charge >= 0.3 is 0 Å². The first-order chi connectivity index (χ1) is 11.9. The molecule has 4 aliphatic rings. The molecule has 1 N–H and O–H groups in total. The van der Waals surface area contributed by atoms with Gasteiger partial charge in [-0.2, -0.15) is 0 Å². The van der Waals surface area contributed by atoms with Crippen LogP contribution in [0.5, 0.6) is 0 Å². The molecule has 0 aliphatic heterocycles. The summed E-state index contributed by atoms with van der Waals surface area (Å²) < 4.78 is 0. The van der Waals surface area contributed by atoms with E-state index in [1.54, 1.807) is 0 Å². The molecular weight excluding hydrogens is 304 g/mol. The largest absolute Gasteiger partial charge is 0.393 e. The standard InChI is InChI=1S/C24H42O/c1-5-6-16(2)20-9-10-21-19-8-7-17-15-18(25)11-13-23(17,3)22(19)12-14-24(20,21)4/h16-22,25H,5-15H2,1-4H3/t16-,17-,18-,19?,20?,21?,22?,23+,24-/m1/s1. The van der Waals surface area contributed by atoms with Crippen molar-refractivity contribution in [3.8, 4) is 0 Å². The van der Waals surface area contributed by atoms with Crippen LogP contribution in [-0.2, 0) is 0 Å². The van der Waals surface area contributed by atoms with E-state index in [1.165, 1.54) is 57.8 Å². The predicted molar refractivity (Wildman–Crippen MR) is 105 cm³/mol. The molecule has 25 heavy (non-hydrogen) atoms. The van der Waals surface area contributed by atoms with Crippen molar-refractivity contribution in [2.75, 3.05) is 0 Å². The molecule has 1 nitrogen and oxygen atoms in total. The molecular formula is C24H42O. The molecule has 4 saturated carbocycles. The predicted octanol–water partition coefficient (Wildman–Crippen LogP) is 6.44. The first-order valence-corrected chi connectivity index (χ1v) is 11.6. The van der Waals surface area contributed by atoms with Crippen LogP contribution in [0.1, 0.15) is 98.3 Å². The molecule has 0 aromatic rings. The molecule has 0 radical (unpaired) electrons. The van der Waals surface area contributed by atoms with Crippen LogP contribution in [0.4, 0.5) is 0 Å². The number of hydrogen-bond acceptors (Lipinski definition) is 1. The summed E-state index contributed by atoms with van der Waals surface area (Å²) >= 11 is 0. The third-order valence-corrected chi connectivity index (χ3v) is 10.1. The molecule has 0 spiro atoms. The minimum absolute atomic E-state index is 0.00534. The topological polar surface area (TPSA) is 20.2 Å². The molecule has 144 valence electrons. The Morgan fingerprint density at radius 2 is 1.64 bits per heavy atom. The number of aliphatic hydroxyl groups is 1. The van der Waals surface area contributed by atoms with Crippen molar-refractivity contribution in [2.24, 2.45) is 46.3 Å². The van der Waals surface area contributed by atoms with Crippen molar-refractivity contribution < 1.29 is 5.11 Å². The van der Waals surface area contributed by atoms with Gasteiger partial charge in [0.2, 0.25) is 0 Å². The molecule has 4 fully saturated rings. The van der Waals surface area contributed by atoms with Gasteiger partial charge in [0.1, 0.15) is 0 Å². The van der Waals surface area contributed by atoms with Crippen LogP contribution in [0.3, 0.4) is 0 Å². The molecule has 4 unspecified atom stereocenters.